The van der Waals surface area contributed by atoms with Gasteiger partial charge in [0.2, 0.25) is 0 Å². The van der Waals surface area contributed by atoms with Gasteiger partial charge in [0.25, 0.3) is 0 Å². The fraction of sp³-hybridized carbons (Fsp3) is 0.200. The molecule has 0 aromatic carbocycles. The van der Waals surface area contributed by atoms with Gasteiger partial charge in [-0.25, -0.2) is 4.79 Å². The minimum Gasteiger partial charge on any atom is -0.478 e. The summed E-state index contributed by atoms with van der Waals surface area (Å²) in [6, 6.07) is 0. The molecular weight excluding hydrogens is 139 g/mol. The Balaban J connectivity index is 0.000000371. The van der Waals surface area contributed by atoms with Gasteiger partial charge in [0.05, 0.1) is 18.9 Å². The number of aromatic carboxylic acids is 1. The molecule has 1 heterocycles. The first-order valence-corrected chi connectivity index (χ1v) is 2.40. The number of carbonyl (C=O) groups is 1. The van der Waals surface area contributed by atoms with E-state index in [-0.39, 0.29) is 5.56 Å². The number of hydrogen-bond acceptors (Lipinski definition) is 2. The topological polar surface area (TPSA) is 66.0 Å². The average molecular weight is 146 g/mol. The van der Waals surface area contributed by atoms with Crippen LogP contribution in [0.4, 0.5) is 4.39 Å². The second kappa shape index (κ2) is 4.49. The Hall–Kier alpha value is -1.39. The molecule has 0 amide bonds. The molecule has 4 nitrogen and oxygen atoms in total. The summed E-state index contributed by atoms with van der Waals surface area (Å²) in [5.74, 6) is -0.959. The number of rotatable bonds is 1. The van der Waals surface area contributed by atoms with Crippen molar-refractivity contribution in [2.45, 2.75) is 0 Å². The lowest BCUT2D eigenvalue weighted by Crippen LogP contribution is -1.91. The summed E-state index contributed by atoms with van der Waals surface area (Å²) in [6.07, 6.45) is 2.57. The highest BCUT2D eigenvalue weighted by atomic mass is 19.1. The summed E-state index contributed by atoms with van der Waals surface area (Å²) < 4.78 is 9.50. The molecule has 1 aromatic heterocycles. The number of halogens is 1. The normalized spacial score (nSPS) is 7.80. The minimum absolute atomic E-state index is 0.185. The quantitative estimate of drug-likeness (QED) is 0.612. The first kappa shape index (κ1) is 8.61. The molecule has 0 spiro atoms. The molecule has 0 saturated heterocycles. The number of nitrogens with one attached hydrogen (secondary N) is 1. The van der Waals surface area contributed by atoms with Crippen molar-refractivity contribution in [3.8, 4) is 0 Å². The third kappa shape index (κ3) is 2.25. The van der Waals surface area contributed by atoms with Crippen LogP contribution in [0.5, 0.6) is 0 Å². The van der Waals surface area contributed by atoms with Crippen LogP contribution in [0.1, 0.15) is 10.4 Å². The van der Waals surface area contributed by atoms with Crippen molar-refractivity contribution in [2.75, 3.05) is 7.18 Å². The summed E-state index contributed by atoms with van der Waals surface area (Å²) >= 11 is 0. The number of carboxylic acid groups (broad SMARTS) is 1. The van der Waals surface area contributed by atoms with Crippen LogP contribution in [0.15, 0.2) is 12.4 Å². The van der Waals surface area contributed by atoms with Gasteiger partial charge in [-0.15, -0.1) is 0 Å². The molecule has 0 aliphatic rings. The molecular formula is C5H7FN2O2. The van der Waals surface area contributed by atoms with Crippen LogP contribution in [0.2, 0.25) is 0 Å². The molecule has 0 unspecified atom stereocenters. The molecule has 0 aliphatic heterocycles. The second-order valence-electron chi connectivity index (χ2n) is 1.29. The van der Waals surface area contributed by atoms with Crippen molar-refractivity contribution in [1.82, 2.24) is 10.2 Å². The Morgan fingerprint density at radius 3 is 2.60 bits per heavy atom. The predicted molar refractivity (Wildman–Crippen MR) is 32.6 cm³/mol. The van der Waals surface area contributed by atoms with Gasteiger partial charge >= 0.3 is 5.97 Å². The maximum atomic E-state index is 10.0. The molecule has 1 aromatic rings. The number of hydrogen-bond donors (Lipinski definition) is 2. The van der Waals surface area contributed by atoms with E-state index in [1.165, 1.54) is 12.4 Å². The van der Waals surface area contributed by atoms with Crippen LogP contribution < -0.4 is 0 Å². The maximum Gasteiger partial charge on any atom is 0.338 e. The van der Waals surface area contributed by atoms with E-state index >= 15 is 0 Å². The Bertz CT molecular complexity index is 186. The number of aromatic amines is 1. The lowest BCUT2D eigenvalue weighted by molar-refractivity contribution is 0.0697. The number of aromatic nitrogens is 2. The van der Waals surface area contributed by atoms with Crippen molar-refractivity contribution >= 4 is 5.97 Å². The van der Waals surface area contributed by atoms with Gasteiger partial charge in [-0.2, -0.15) is 5.10 Å². The van der Waals surface area contributed by atoms with Gasteiger partial charge in [0, 0.05) is 6.20 Å². The molecule has 2 N–H and O–H groups in total. The number of carboxylic acids is 1. The third-order valence-corrected chi connectivity index (χ3v) is 0.745. The molecule has 10 heavy (non-hydrogen) atoms. The first-order chi connectivity index (χ1) is 4.80. The third-order valence-electron chi connectivity index (χ3n) is 0.745. The number of nitrogens with zero attached hydrogens (tertiary/aromatic N) is 1. The summed E-state index contributed by atoms with van der Waals surface area (Å²) in [7, 11) is 0.500. The van der Waals surface area contributed by atoms with Gasteiger partial charge in [-0.1, -0.05) is 0 Å². The van der Waals surface area contributed by atoms with E-state index < -0.39 is 5.97 Å². The van der Waals surface area contributed by atoms with Crippen LogP contribution in [0.25, 0.3) is 0 Å². The van der Waals surface area contributed by atoms with Crippen molar-refractivity contribution in [3.05, 3.63) is 18.0 Å². The molecule has 56 valence electrons. The van der Waals surface area contributed by atoms with Gasteiger partial charge in [0.1, 0.15) is 0 Å². The highest BCUT2D eigenvalue weighted by molar-refractivity contribution is 5.86. The Morgan fingerprint density at radius 1 is 1.80 bits per heavy atom. The molecule has 0 radical (unpaired) electrons. The molecule has 0 aliphatic carbocycles. The van der Waals surface area contributed by atoms with Gasteiger partial charge in [0.15, 0.2) is 0 Å². The van der Waals surface area contributed by atoms with E-state index in [2.05, 4.69) is 10.2 Å². The highest BCUT2D eigenvalue weighted by Crippen LogP contribution is 1.90. The largest absolute Gasteiger partial charge is 0.478 e. The first-order valence-electron chi connectivity index (χ1n) is 2.40. The number of alkyl halides is 1. The lowest BCUT2D eigenvalue weighted by Gasteiger charge is -1.77. The van der Waals surface area contributed by atoms with Crippen LogP contribution in [0.3, 0.4) is 0 Å². The summed E-state index contributed by atoms with van der Waals surface area (Å²) in [5.41, 5.74) is 0.185. The maximum absolute atomic E-state index is 10.0. The smallest absolute Gasteiger partial charge is 0.338 e. The lowest BCUT2D eigenvalue weighted by atomic mass is 10.4. The zero-order valence-corrected chi connectivity index (χ0v) is 5.34. The van der Waals surface area contributed by atoms with Gasteiger partial charge < -0.3 is 5.11 Å². The molecule has 0 atom stereocenters. The molecule has 1 rings (SSSR count). The minimum atomic E-state index is -0.959. The SMILES string of the molecule is CF.O=C(O)c1cn[nH]c1. The van der Waals surface area contributed by atoms with E-state index in [1.54, 1.807) is 0 Å². The summed E-state index contributed by atoms with van der Waals surface area (Å²) in [6.45, 7) is 0. The molecule has 5 heteroatoms. The van der Waals surface area contributed by atoms with Crippen molar-refractivity contribution in [3.63, 3.8) is 0 Å². The van der Waals surface area contributed by atoms with Crippen LogP contribution >= 0.6 is 0 Å². The van der Waals surface area contributed by atoms with Crippen molar-refractivity contribution in [1.29, 1.82) is 0 Å². The van der Waals surface area contributed by atoms with E-state index in [1.807, 2.05) is 0 Å². The second-order valence-corrected chi connectivity index (χ2v) is 1.29. The van der Waals surface area contributed by atoms with Gasteiger partial charge in [-0.3, -0.25) is 9.49 Å². The van der Waals surface area contributed by atoms with Crippen molar-refractivity contribution in [2.24, 2.45) is 0 Å². The van der Waals surface area contributed by atoms with E-state index in [0.717, 1.165) is 0 Å². The predicted octanol–water partition coefficient (Wildman–Crippen LogP) is 0.694. The Labute approximate surface area is 56.7 Å². The average Bonchev–Trinajstić information content (AvgIpc) is 2.42. The Morgan fingerprint density at radius 2 is 2.40 bits per heavy atom. The van der Waals surface area contributed by atoms with Crippen LogP contribution in [-0.2, 0) is 0 Å². The van der Waals surface area contributed by atoms with Crippen LogP contribution in [0, 0.1) is 0 Å². The van der Waals surface area contributed by atoms with E-state index in [4.69, 9.17) is 5.11 Å². The molecule has 0 fully saturated rings. The number of H-pyrrole nitrogens is 1. The molecule has 0 bridgehead atoms. The fourth-order valence-electron chi connectivity index (χ4n) is 0.368. The zero-order chi connectivity index (χ0) is 7.98. The van der Waals surface area contributed by atoms with Crippen LogP contribution in [-0.4, -0.2) is 28.5 Å². The van der Waals surface area contributed by atoms with Crippen molar-refractivity contribution < 1.29 is 14.3 Å². The highest BCUT2D eigenvalue weighted by Gasteiger charge is 1.99. The summed E-state index contributed by atoms with van der Waals surface area (Å²) in [4.78, 5) is 10.0. The van der Waals surface area contributed by atoms with E-state index in [9.17, 15) is 9.18 Å². The summed E-state index contributed by atoms with van der Waals surface area (Å²) in [5, 5.41) is 14.0. The standard InChI is InChI=1S/C4H4N2O2.CH3F/c7-4(8)3-1-5-6-2-3;1-2/h1-2H,(H,5,6)(H,7,8);1H3. The fourth-order valence-corrected chi connectivity index (χ4v) is 0.368. The Kier molecular flexibility index (Phi) is 3.86. The van der Waals surface area contributed by atoms with Gasteiger partial charge in [-0.05, 0) is 0 Å². The zero-order valence-electron chi connectivity index (χ0n) is 5.34. The molecule has 0 saturated carbocycles. The monoisotopic (exact) mass is 146 g/mol. The van der Waals surface area contributed by atoms with E-state index in [0.29, 0.717) is 7.18 Å².